The van der Waals surface area contributed by atoms with Crippen molar-refractivity contribution < 1.29 is 0 Å². The van der Waals surface area contributed by atoms with Crippen LogP contribution in [0.5, 0.6) is 0 Å². The van der Waals surface area contributed by atoms with Crippen molar-refractivity contribution in [3.63, 3.8) is 0 Å². The lowest BCUT2D eigenvalue weighted by molar-refractivity contribution is 0.577. The molecule has 0 aliphatic heterocycles. The van der Waals surface area contributed by atoms with E-state index >= 15 is 0 Å². The smallest absolute Gasteiger partial charge is 0.151 e. The topological polar surface area (TPSA) is 53.9 Å². The van der Waals surface area contributed by atoms with Crippen molar-refractivity contribution in [2.24, 2.45) is 0 Å². The molecule has 0 unspecified atom stereocenters. The third kappa shape index (κ3) is 4.28. The molecule has 5 heteroatoms. The van der Waals surface area contributed by atoms with Gasteiger partial charge in [-0.15, -0.1) is 5.10 Å². The maximum Gasteiger partial charge on any atom is 0.151 e. The standard InChI is InChI=1S/C15H21N5/c1-12(2)17-10-14-4-5-15(19-18-14)20(3)11-13-6-8-16-9-7-13/h4-9,12,17H,10-11H2,1-3H3. The van der Waals surface area contributed by atoms with E-state index in [1.807, 2.05) is 31.3 Å². The summed E-state index contributed by atoms with van der Waals surface area (Å²) in [5.41, 5.74) is 2.16. The van der Waals surface area contributed by atoms with E-state index in [0.29, 0.717) is 6.04 Å². The number of hydrogen-bond donors (Lipinski definition) is 1. The molecule has 0 amide bonds. The van der Waals surface area contributed by atoms with Crippen LogP contribution in [0.25, 0.3) is 0 Å². The van der Waals surface area contributed by atoms with E-state index in [0.717, 1.165) is 24.6 Å². The highest BCUT2D eigenvalue weighted by atomic mass is 15.2. The normalized spacial score (nSPS) is 10.8. The SMILES string of the molecule is CC(C)NCc1ccc(N(C)Cc2ccncc2)nn1. The molecule has 0 fully saturated rings. The molecule has 0 bridgehead atoms. The number of nitrogens with one attached hydrogen (secondary N) is 1. The Morgan fingerprint density at radius 2 is 1.85 bits per heavy atom. The van der Waals surface area contributed by atoms with Crippen LogP contribution in [-0.2, 0) is 13.1 Å². The molecule has 0 aliphatic rings. The molecule has 2 aromatic rings. The summed E-state index contributed by atoms with van der Waals surface area (Å²) in [6.45, 7) is 5.77. The summed E-state index contributed by atoms with van der Waals surface area (Å²) in [4.78, 5) is 6.09. The van der Waals surface area contributed by atoms with Crippen LogP contribution in [0.4, 0.5) is 5.82 Å². The summed E-state index contributed by atoms with van der Waals surface area (Å²) in [7, 11) is 2.01. The van der Waals surface area contributed by atoms with Crippen LogP contribution in [0, 0.1) is 0 Å². The van der Waals surface area contributed by atoms with Gasteiger partial charge in [-0.25, -0.2) is 0 Å². The lowest BCUT2D eigenvalue weighted by atomic mass is 10.2. The summed E-state index contributed by atoms with van der Waals surface area (Å²) >= 11 is 0. The number of hydrogen-bond acceptors (Lipinski definition) is 5. The molecule has 0 atom stereocenters. The van der Waals surface area contributed by atoms with Gasteiger partial charge in [0, 0.05) is 38.6 Å². The fraction of sp³-hybridized carbons (Fsp3) is 0.400. The number of aromatic nitrogens is 3. The van der Waals surface area contributed by atoms with Gasteiger partial charge in [-0.2, -0.15) is 5.10 Å². The molecular weight excluding hydrogens is 250 g/mol. The molecule has 1 N–H and O–H groups in total. The molecule has 20 heavy (non-hydrogen) atoms. The van der Waals surface area contributed by atoms with Crippen LogP contribution in [-0.4, -0.2) is 28.3 Å². The quantitative estimate of drug-likeness (QED) is 0.871. The Labute approximate surface area is 120 Å². The first-order chi connectivity index (χ1) is 9.65. The van der Waals surface area contributed by atoms with Crippen molar-refractivity contribution in [3.05, 3.63) is 47.9 Å². The average Bonchev–Trinajstić information content (AvgIpc) is 2.46. The number of rotatable bonds is 6. The molecule has 2 aromatic heterocycles. The van der Waals surface area contributed by atoms with Gasteiger partial charge >= 0.3 is 0 Å². The van der Waals surface area contributed by atoms with E-state index < -0.39 is 0 Å². The summed E-state index contributed by atoms with van der Waals surface area (Å²) in [5, 5.41) is 11.8. The van der Waals surface area contributed by atoms with Crippen LogP contribution in [0.3, 0.4) is 0 Å². The van der Waals surface area contributed by atoms with E-state index in [4.69, 9.17) is 0 Å². The largest absolute Gasteiger partial charge is 0.354 e. The predicted molar refractivity (Wildman–Crippen MR) is 80.4 cm³/mol. The van der Waals surface area contributed by atoms with Gasteiger partial charge in [0.25, 0.3) is 0 Å². The molecule has 2 heterocycles. The van der Waals surface area contributed by atoms with Crippen LogP contribution in [0.15, 0.2) is 36.7 Å². The Morgan fingerprint density at radius 1 is 1.10 bits per heavy atom. The van der Waals surface area contributed by atoms with Gasteiger partial charge in [0.15, 0.2) is 5.82 Å². The second kappa shape index (κ2) is 6.96. The molecular formula is C15H21N5. The maximum atomic E-state index is 4.27. The maximum absolute atomic E-state index is 4.27. The first-order valence-electron chi connectivity index (χ1n) is 6.81. The van der Waals surface area contributed by atoms with Crippen molar-refractivity contribution >= 4 is 5.82 Å². The average molecular weight is 271 g/mol. The van der Waals surface area contributed by atoms with Crippen molar-refractivity contribution in [1.29, 1.82) is 0 Å². The summed E-state index contributed by atoms with van der Waals surface area (Å²) in [6.07, 6.45) is 3.60. The molecule has 0 aromatic carbocycles. The molecule has 0 saturated carbocycles. The van der Waals surface area contributed by atoms with E-state index in [-0.39, 0.29) is 0 Å². The number of anilines is 1. The van der Waals surface area contributed by atoms with Gasteiger partial charge in [0.1, 0.15) is 0 Å². The van der Waals surface area contributed by atoms with E-state index in [2.05, 4.69) is 39.2 Å². The molecule has 0 radical (unpaired) electrons. The molecule has 0 saturated heterocycles. The number of pyridine rings is 1. The Morgan fingerprint density at radius 3 is 2.45 bits per heavy atom. The third-order valence-corrected chi connectivity index (χ3v) is 2.96. The minimum absolute atomic E-state index is 0.450. The minimum Gasteiger partial charge on any atom is -0.354 e. The second-order valence-electron chi connectivity index (χ2n) is 5.13. The Bertz CT molecular complexity index is 510. The monoisotopic (exact) mass is 271 g/mol. The van der Waals surface area contributed by atoms with Gasteiger partial charge in [-0.3, -0.25) is 4.98 Å². The highest BCUT2D eigenvalue weighted by Gasteiger charge is 2.05. The third-order valence-electron chi connectivity index (χ3n) is 2.96. The van der Waals surface area contributed by atoms with E-state index in [9.17, 15) is 0 Å². The van der Waals surface area contributed by atoms with Gasteiger partial charge in [-0.1, -0.05) is 13.8 Å². The van der Waals surface area contributed by atoms with Crippen LogP contribution in [0.2, 0.25) is 0 Å². The summed E-state index contributed by atoms with van der Waals surface area (Å²) in [6, 6.07) is 8.48. The predicted octanol–water partition coefficient (Wildman–Crippen LogP) is 2.01. The van der Waals surface area contributed by atoms with Crippen molar-refractivity contribution in [2.45, 2.75) is 33.0 Å². The van der Waals surface area contributed by atoms with Gasteiger partial charge in [-0.05, 0) is 29.8 Å². The Kier molecular flexibility index (Phi) is 5.01. The van der Waals surface area contributed by atoms with Crippen molar-refractivity contribution in [3.8, 4) is 0 Å². The van der Waals surface area contributed by atoms with Crippen molar-refractivity contribution in [2.75, 3.05) is 11.9 Å². The zero-order chi connectivity index (χ0) is 14.4. The Hall–Kier alpha value is -2.01. The highest BCUT2D eigenvalue weighted by molar-refractivity contribution is 5.37. The zero-order valence-corrected chi connectivity index (χ0v) is 12.2. The molecule has 2 rings (SSSR count). The first-order valence-corrected chi connectivity index (χ1v) is 6.81. The minimum atomic E-state index is 0.450. The lowest BCUT2D eigenvalue weighted by Gasteiger charge is -2.17. The van der Waals surface area contributed by atoms with Crippen LogP contribution >= 0.6 is 0 Å². The van der Waals surface area contributed by atoms with Crippen molar-refractivity contribution in [1.82, 2.24) is 20.5 Å². The lowest BCUT2D eigenvalue weighted by Crippen LogP contribution is -2.23. The number of nitrogens with zero attached hydrogens (tertiary/aromatic N) is 4. The summed E-state index contributed by atoms with van der Waals surface area (Å²) in [5.74, 6) is 0.870. The molecule has 106 valence electrons. The van der Waals surface area contributed by atoms with Gasteiger partial charge in [0.05, 0.1) is 5.69 Å². The fourth-order valence-corrected chi connectivity index (χ4v) is 1.80. The molecule has 5 nitrogen and oxygen atoms in total. The van der Waals surface area contributed by atoms with Crippen LogP contribution < -0.4 is 10.2 Å². The Balaban J connectivity index is 1.95. The van der Waals surface area contributed by atoms with E-state index in [1.165, 1.54) is 5.56 Å². The fourth-order valence-electron chi connectivity index (χ4n) is 1.80. The summed E-state index contributed by atoms with van der Waals surface area (Å²) < 4.78 is 0. The highest BCUT2D eigenvalue weighted by Crippen LogP contribution is 2.11. The van der Waals surface area contributed by atoms with Gasteiger partial charge in [0.2, 0.25) is 0 Å². The zero-order valence-electron chi connectivity index (χ0n) is 12.2. The van der Waals surface area contributed by atoms with E-state index in [1.54, 1.807) is 12.4 Å². The molecule has 0 spiro atoms. The molecule has 0 aliphatic carbocycles. The van der Waals surface area contributed by atoms with Crippen LogP contribution in [0.1, 0.15) is 25.1 Å². The second-order valence-corrected chi connectivity index (χ2v) is 5.13. The first kappa shape index (κ1) is 14.4. The van der Waals surface area contributed by atoms with Gasteiger partial charge < -0.3 is 10.2 Å².